The number of hydrogen-bond donors (Lipinski definition) is 1. The van der Waals surface area contributed by atoms with Crippen molar-refractivity contribution in [1.29, 1.82) is 0 Å². The molecule has 1 amide bonds. The van der Waals surface area contributed by atoms with Crippen molar-refractivity contribution >= 4 is 21.6 Å². The van der Waals surface area contributed by atoms with Crippen molar-refractivity contribution in [2.45, 2.75) is 49.5 Å². The van der Waals surface area contributed by atoms with Crippen molar-refractivity contribution in [2.75, 3.05) is 10.8 Å². The molecule has 2 aliphatic rings. The number of nitrogens with one attached hydrogen (secondary N) is 1. The molecule has 0 saturated heterocycles. The fraction of sp³-hybridized carbons (Fsp3) is 0.381. The number of carbonyl (C=O) groups is 1. The van der Waals surface area contributed by atoms with Gasteiger partial charge in [-0.2, -0.15) is 0 Å². The zero-order valence-electron chi connectivity index (χ0n) is 15.5. The molecular weight excluding hydrogens is 379 g/mol. The summed E-state index contributed by atoms with van der Waals surface area (Å²) < 4.78 is 41.3. The van der Waals surface area contributed by atoms with E-state index in [9.17, 15) is 17.6 Å². The molecule has 0 bridgehead atoms. The zero-order valence-corrected chi connectivity index (χ0v) is 16.3. The highest BCUT2D eigenvalue weighted by atomic mass is 32.2. The highest BCUT2D eigenvalue weighted by molar-refractivity contribution is 7.93. The first kappa shape index (κ1) is 18.9. The molecule has 2 aromatic carbocycles. The average Bonchev–Trinajstić information content (AvgIpc) is 2.94. The highest BCUT2D eigenvalue weighted by Gasteiger charge is 2.36. The van der Waals surface area contributed by atoms with Crippen molar-refractivity contribution in [3.63, 3.8) is 0 Å². The Kier molecular flexibility index (Phi) is 5.10. The monoisotopic (exact) mass is 402 g/mol. The van der Waals surface area contributed by atoms with E-state index in [1.54, 1.807) is 18.2 Å². The van der Waals surface area contributed by atoms with Crippen LogP contribution in [0.25, 0.3) is 11.1 Å². The molecule has 1 heterocycles. The molecule has 1 saturated carbocycles. The van der Waals surface area contributed by atoms with Gasteiger partial charge in [-0.25, -0.2) is 12.8 Å². The highest BCUT2D eigenvalue weighted by Crippen LogP contribution is 2.43. The molecule has 4 rings (SSSR count). The third kappa shape index (κ3) is 3.51. The van der Waals surface area contributed by atoms with Crippen molar-refractivity contribution in [1.82, 2.24) is 5.32 Å². The van der Waals surface area contributed by atoms with E-state index in [2.05, 4.69) is 5.32 Å². The summed E-state index contributed by atoms with van der Waals surface area (Å²) >= 11 is 0. The van der Waals surface area contributed by atoms with Gasteiger partial charge in [0.2, 0.25) is 5.91 Å². The van der Waals surface area contributed by atoms with E-state index in [1.165, 1.54) is 37.1 Å². The summed E-state index contributed by atoms with van der Waals surface area (Å²) in [5, 5.41) is 2.99. The van der Waals surface area contributed by atoms with Gasteiger partial charge in [0.1, 0.15) is 12.4 Å². The molecule has 1 N–H and O–H groups in total. The molecule has 0 unspecified atom stereocenters. The molecule has 5 nitrogen and oxygen atoms in total. The van der Waals surface area contributed by atoms with Gasteiger partial charge in [0.05, 0.1) is 10.6 Å². The summed E-state index contributed by atoms with van der Waals surface area (Å²) in [6.45, 7) is -0.314. The van der Waals surface area contributed by atoms with Crippen LogP contribution in [0.2, 0.25) is 0 Å². The number of sulfonamides is 1. The van der Waals surface area contributed by atoms with Gasteiger partial charge in [-0.15, -0.1) is 0 Å². The Balaban J connectivity index is 1.66. The second kappa shape index (κ2) is 7.54. The topological polar surface area (TPSA) is 66.5 Å². The van der Waals surface area contributed by atoms with Crippen LogP contribution in [0.15, 0.2) is 47.4 Å². The van der Waals surface area contributed by atoms with Gasteiger partial charge in [0.25, 0.3) is 10.0 Å². The number of nitrogens with zero attached hydrogens (tertiary/aromatic N) is 1. The number of amides is 1. The lowest BCUT2D eigenvalue weighted by molar-refractivity contribution is -0.120. The summed E-state index contributed by atoms with van der Waals surface area (Å²) in [6.07, 6.45) is 6.32. The largest absolute Gasteiger partial charge is 0.352 e. The summed E-state index contributed by atoms with van der Waals surface area (Å²) in [7, 11) is -3.90. The first-order chi connectivity index (χ1) is 13.5. The van der Waals surface area contributed by atoms with E-state index in [-0.39, 0.29) is 23.4 Å². The molecule has 0 atom stereocenters. The van der Waals surface area contributed by atoms with Gasteiger partial charge < -0.3 is 5.32 Å². The van der Waals surface area contributed by atoms with Gasteiger partial charge in [0.15, 0.2) is 0 Å². The maximum absolute atomic E-state index is 13.9. The fourth-order valence-electron chi connectivity index (χ4n) is 4.10. The van der Waals surface area contributed by atoms with Crippen LogP contribution in [0.3, 0.4) is 0 Å². The van der Waals surface area contributed by atoms with Crippen molar-refractivity contribution in [3.05, 3.63) is 48.3 Å². The molecule has 1 aliphatic heterocycles. The fourth-order valence-corrected chi connectivity index (χ4v) is 5.75. The predicted molar refractivity (Wildman–Crippen MR) is 106 cm³/mol. The SMILES string of the molecule is O=C(CN1c2ccc(F)cc2-c2ccccc2S1(=O)=O)NC1CCCCCC1. The second-order valence-electron chi connectivity index (χ2n) is 7.43. The zero-order chi connectivity index (χ0) is 19.7. The average molecular weight is 402 g/mol. The normalized spacial score (nSPS) is 18.7. The van der Waals surface area contributed by atoms with E-state index in [4.69, 9.17) is 0 Å². The molecule has 0 spiro atoms. The van der Waals surface area contributed by atoms with Gasteiger partial charge in [0, 0.05) is 17.2 Å². The van der Waals surface area contributed by atoms with Gasteiger partial charge in [-0.05, 0) is 37.1 Å². The van der Waals surface area contributed by atoms with E-state index < -0.39 is 15.8 Å². The van der Waals surface area contributed by atoms with Gasteiger partial charge >= 0.3 is 0 Å². The Morgan fingerprint density at radius 3 is 2.50 bits per heavy atom. The van der Waals surface area contributed by atoms with Crippen LogP contribution in [0.1, 0.15) is 38.5 Å². The van der Waals surface area contributed by atoms with E-state index >= 15 is 0 Å². The van der Waals surface area contributed by atoms with Crippen LogP contribution in [0.4, 0.5) is 10.1 Å². The molecule has 1 fully saturated rings. The molecule has 0 aromatic heterocycles. The maximum atomic E-state index is 13.9. The Morgan fingerprint density at radius 1 is 1.04 bits per heavy atom. The minimum Gasteiger partial charge on any atom is -0.352 e. The minimum absolute atomic E-state index is 0.0856. The van der Waals surface area contributed by atoms with Crippen LogP contribution >= 0.6 is 0 Å². The van der Waals surface area contributed by atoms with Crippen LogP contribution in [0.5, 0.6) is 0 Å². The number of benzene rings is 2. The molecule has 7 heteroatoms. The predicted octanol–water partition coefficient (Wildman–Crippen LogP) is 3.84. The number of hydrogen-bond acceptors (Lipinski definition) is 3. The Labute approximate surface area is 164 Å². The van der Waals surface area contributed by atoms with Gasteiger partial charge in [-0.3, -0.25) is 9.10 Å². The quantitative estimate of drug-likeness (QED) is 0.794. The van der Waals surface area contributed by atoms with Crippen LogP contribution in [-0.2, 0) is 14.8 Å². The van der Waals surface area contributed by atoms with Crippen LogP contribution in [-0.4, -0.2) is 26.9 Å². The van der Waals surface area contributed by atoms with E-state index in [0.29, 0.717) is 16.8 Å². The Bertz CT molecular complexity index is 998. The lowest BCUT2D eigenvalue weighted by atomic mass is 10.0. The molecule has 28 heavy (non-hydrogen) atoms. The summed E-state index contributed by atoms with van der Waals surface area (Å²) in [5.74, 6) is -0.777. The van der Waals surface area contributed by atoms with Crippen LogP contribution < -0.4 is 9.62 Å². The third-order valence-electron chi connectivity index (χ3n) is 5.48. The first-order valence-corrected chi connectivity index (χ1v) is 11.1. The molecule has 2 aromatic rings. The number of fused-ring (bicyclic) bond motifs is 3. The maximum Gasteiger partial charge on any atom is 0.265 e. The molecule has 1 aliphatic carbocycles. The van der Waals surface area contributed by atoms with Gasteiger partial charge in [-0.1, -0.05) is 43.9 Å². The smallest absolute Gasteiger partial charge is 0.265 e. The summed E-state index contributed by atoms with van der Waals surface area (Å²) in [4.78, 5) is 12.8. The van der Waals surface area contributed by atoms with Crippen molar-refractivity contribution < 1.29 is 17.6 Å². The Morgan fingerprint density at radius 2 is 1.75 bits per heavy atom. The standard InChI is InChI=1S/C21H23FN2O3S/c22-15-11-12-19-18(13-15)17-9-5-6-10-20(17)28(26,27)24(19)14-21(25)23-16-7-3-1-2-4-8-16/h5-6,9-13,16H,1-4,7-8,14H2,(H,23,25). The molecular formula is C21H23FN2O3S. The molecule has 0 radical (unpaired) electrons. The second-order valence-corrected chi connectivity index (χ2v) is 9.26. The Hall–Kier alpha value is -2.41. The number of halogens is 1. The first-order valence-electron chi connectivity index (χ1n) is 9.68. The van der Waals surface area contributed by atoms with Crippen molar-refractivity contribution in [2.24, 2.45) is 0 Å². The third-order valence-corrected chi connectivity index (χ3v) is 7.30. The van der Waals surface area contributed by atoms with Crippen molar-refractivity contribution in [3.8, 4) is 11.1 Å². The summed E-state index contributed by atoms with van der Waals surface area (Å²) in [6, 6.07) is 10.6. The van der Waals surface area contributed by atoms with Crippen LogP contribution in [0, 0.1) is 5.82 Å². The number of anilines is 1. The lowest BCUT2D eigenvalue weighted by Gasteiger charge is -2.32. The molecule has 148 valence electrons. The number of rotatable bonds is 3. The van der Waals surface area contributed by atoms with E-state index in [1.807, 2.05) is 0 Å². The summed E-state index contributed by atoms with van der Waals surface area (Å²) in [5.41, 5.74) is 1.27. The minimum atomic E-state index is -3.90. The lowest BCUT2D eigenvalue weighted by Crippen LogP contribution is -2.45. The number of carbonyl (C=O) groups excluding carboxylic acids is 1. The van der Waals surface area contributed by atoms with E-state index in [0.717, 1.165) is 30.0 Å².